The van der Waals surface area contributed by atoms with Crippen molar-refractivity contribution in [1.82, 2.24) is 0 Å². The molecule has 0 aromatic heterocycles. The van der Waals surface area contributed by atoms with Crippen LogP contribution in [-0.2, 0) is 34.1 Å². The van der Waals surface area contributed by atoms with Gasteiger partial charge in [-0.25, -0.2) is 0 Å². The van der Waals surface area contributed by atoms with Crippen LogP contribution in [0.1, 0.15) is 129 Å². The van der Waals surface area contributed by atoms with Crippen LogP contribution in [0.15, 0.2) is 12.7 Å². The molecule has 0 N–H and O–H groups in total. The third-order valence-electron chi connectivity index (χ3n) is 6.70. The summed E-state index contributed by atoms with van der Waals surface area (Å²) in [6, 6.07) is 1.08. The van der Waals surface area contributed by atoms with Crippen molar-refractivity contribution in [3.05, 3.63) is 42.4 Å². The summed E-state index contributed by atoms with van der Waals surface area (Å²) in [4.78, 5) is 0. The third-order valence-corrected chi connectivity index (χ3v) is 9.00. The molecule has 0 aromatic carbocycles. The predicted molar refractivity (Wildman–Crippen MR) is 190 cm³/mol. The Labute approximate surface area is 293 Å². The molecule has 8 heteroatoms. The molecule has 0 unspecified atom stereocenters. The molecule has 39 heavy (non-hydrogen) atoms. The predicted octanol–water partition coefficient (Wildman–Crippen LogP) is 14.1. The first-order chi connectivity index (χ1) is 15.2. The Morgan fingerprint density at radius 1 is 0.667 bits per heavy atom. The van der Waals surface area contributed by atoms with Gasteiger partial charge in [-0.1, -0.05) is 123 Å². The monoisotopic (exact) mass is 748 g/mol. The summed E-state index contributed by atoms with van der Waals surface area (Å²) in [6.45, 7) is 5.82. The van der Waals surface area contributed by atoms with E-state index in [9.17, 15) is 0 Å². The molecule has 4 aliphatic carbocycles. The van der Waals surface area contributed by atoms with E-state index in [1.807, 2.05) is 13.1 Å². The Bertz CT molecular complexity index is 378. The largest absolute Gasteiger partial charge is 2.00 e. The van der Waals surface area contributed by atoms with Gasteiger partial charge in [-0.3, -0.25) is 0 Å². The van der Waals surface area contributed by atoms with Gasteiger partial charge in [0.2, 0.25) is 14.1 Å². The number of hydrogen-bond donors (Lipinski definition) is 0. The van der Waals surface area contributed by atoms with Gasteiger partial charge in [-0.15, -0.1) is 28.7 Å². The van der Waals surface area contributed by atoms with Gasteiger partial charge < -0.3 is 29.7 Å². The second kappa shape index (κ2) is 42.5. The fraction of sp³-hybridized carbons (Fsp3) is 0.806. The molecule has 0 saturated heterocycles. The van der Waals surface area contributed by atoms with E-state index in [0.717, 1.165) is 17.9 Å². The smallest absolute Gasteiger partial charge is 0.358 e. The molecule has 4 rings (SSSR count). The summed E-state index contributed by atoms with van der Waals surface area (Å²) in [6.07, 6.45) is 29.7. The third kappa shape index (κ3) is 50.3. The van der Waals surface area contributed by atoms with Crippen molar-refractivity contribution in [2.24, 2.45) is 11.8 Å². The van der Waals surface area contributed by atoms with Crippen LogP contribution in [0, 0.1) is 41.5 Å². The van der Waals surface area contributed by atoms with Crippen molar-refractivity contribution >= 4 is 58.4 Å². The number of halogens is 4. The summed E-state index contributed by atoms with van der Waals surface area (Å²) < 4.78 is 0. The van der Waals surface area contributed by atoms with Crippen LogP contribution in [0.4, 0.5) is 0 Å². The average molecular weight is 751 g/mol. The van der Waals surface area contributed by atoms with E-state index in [-0.39, 0.29) is 71.3 Å². The van der Waals surface area contributed by atoms with Gasteiger partial charge in [0.1, 0.15) is 0 Å². The van der Waals surface area contributed by atoms with Crippen LogP contribution in [0.3, 0.4) is 0 Å². The topological polar surface area (TPSA) is 0 Å². The maximum absolute atomic E-state index is 6.02. The number of rotatable bonds is 4. The molecule has 0 nitrogen and oxygen atoms in total. The van der Waals surface area contributed by atoms with Crippen molar-refractivity contribution in [3.8, 4) is 0 Å². The normalized spacial score (nSPS) is 17.1. The SMILES string of the molecule is C.C1CCCC1.C1CCCC1.C=CC1CCCC1.C[SiH](Cl)Cl.C[Si](Cl)(Cl)CCC1CCCC1.[CH3-].[CH3-].[CH3-].[CH3-].[Fe+2].[Fe+2]. The molecule has 244 valence electrons. The standard InChI is InChI=1S/C8H16Cl2Si.C7H12.2C5H10.CH4Cl2Si.CH4.4CH3.2Fe/c1-11(9,10)7-6-8-4-2-3-5-8;1-2-7-5-3-4-6-7;2*1-2-4-5-3-1;1-4(2)3;;;;;;;/h8H,2-7H2,1H3;2,7H,1,3-6H2;2*1-5H2;4H,1H3;1H4;4*1H3;;/q;;;;;;4*-1;2*+2. The van der Waals surface area contributed by atoms with E-state index in [0.29, 0.717) is 0 Å². The molecule has 4 saturated carbocycles. The van der Waals surface area contributed by atoms with Crippen LogP contribution in [0.5, 0.6) is 0 Å². The van der Waals surface area contributed by atoms with E-state index in [1.165, 1.54) is 122 Å². The summed E-state index contributed by atoms with van der Waals surface area (Å²) >= 11 is 22.4. The second-order valence-electron chi connectivity index (χ2n) is 10.1. The molecule has 4 aliphatic rings. The van der Waals surface area contributed by atoms with Crippen LogP contribution in [0.2, 0.25) is 19.1 Å². The van der Waals surface area contributed by atoms with Crippen LogP contribution >= 0.6 is 44.3 Å². The Hall–Kier alpha value is 2.37. The fourth-order valence-electron chi connectivity index (χ4n) is 4.72. The molecule has 0 bridgehead atoms. The summed E-state index contributed by atoms with van der Waals surface area (Å²) in [5.41, 5.74) is 0. The fourth-order valence-corrected chi connectivity index (χ4v) is 6.29. The summed E-state index contributed by atoms with van der Waals surface area (Å²) in [7, 11) is -1.19. The Morgan fingerprint density at radius 2 is 0.923 bits per heavy atom. The van der Waals surface area contributed by atoms with E-state index < -0.39 is 14.1 Å². The van der Waals surface area contributed by atoms with Gasteiger partial charge >= 0.3 is 34.1 Å². The zero-order valence-corrected chi connectivity index (χ0v) is 33.3. The minimum absolute atomic E-state index is 0. The molecule has 0 aromatic rings. The maximum Gasteiger partial charge on any atom is 2.00 e. The van der Waals surface area contributed by atoms with Crippen molar-refractivity contribution in [3.63, 3.8) is 0 Å². The number of hydrogen-bond acceptors (Lipinski definition) is 0. The quantitative estimate of drug-likeness (QED) is 0.116. The van der Waals surface area contributed by atoms with Gasteiger partial charge in [-0.05, 0) is 43.8 Å². The summed E-state index contributed by atoms with van der Waals surface area (Å²) in [5, 5.41) is 0. The van der Waals surface area contributed by atoms with Gasteiger partial charge in [0, 0.05) is 0 Å². The van der Waals surface area contributed by atoms with Crippen molar-refractivity contribution < 1.29 is 34.1 Å². The molecule has 0 radical (unpaired) electrons. The van der Waals surface area contributed by atoms with Crippen molar-refractivity contribution in [2.45, 2.75) is 149 Å². The van der Waals surface area contributed by atoms with Crippen LogP contribution < -0.4 is 0 Å². The van der Waals surface area contributed by atoms with Gasteiger partial charge in [0.05, 0.1) is 0 Å². The first kappa shape index (κ1) is 60.5. The van der Waals surface area contributed by atoms with Gasteiger partial charge in [0.15, 0.2) is 0 Å². The zero-order chi connectivity index (χ0) is 24.1. The van der Waals surface area contributed by atoms with E-state index in [4.69, 9.17) is 44.3 Å². The van der Waals surface area contributed by atoms with Crippen molar-refractivity contribution in [2.75, 3.05) is 0 Å². The Morgan fingerprint density at radius 3 is 1.13 bits per heavy atom. The molecule has 0 spiro atoms. The molecule has 4 fully saturated rings. The molecule has 0 amide bonds. The van der Waals surface area contributed by atoms with Gasteiger partial charge in [-0.2, -0.15) is 22.2 Å². The number of allylic oxidation sites excluding steroid dienone is 1. The minimum Gasteiger partial charge on any atom is -0.358 e. The molecular weight excluding hydrogens is 682 g/mol. The first-order valence-corrected chi connectivity index (χ1v) is 22.9. The van der Waals surface area contributed by atoms with E-state index in [1.54, 1.807) is 0 Å². The molecule has 0 aliphatic heterocycles. The van der Waals surface area contributed by atoms with Crippen LogP contribution in [-0.4, -0.2) is 14.1 Å². The Balaban J connectivity index is -0.0000000512. The van der Waals surface area contributed by atoms with E-state index >= 15 is 0 Å². The van der Waals surface area contributed by atoms with Crippen LogP contribution in [0.25, 0.3) is 0 Å². The summed E-state index contributed by atoms with van der Waals surface area (Å²) in [5.74, 6) is 1.80. The zero-order valence-electron chi connectivity index (χ0n) is 25.9. The van der Waals surface area contributed by atoms with Crippen molar-refractivity contribution in [1.29, 1.82) is 0 Å². The second-order valence-corrected chi connectivity index (χ2v) is 24.0. The van der Waals surface area contributed by atoms with E-state index in [2.05, 4.69) is 12.7 Å². The first-order valence-electron chi connectivity index (χ1n) is 13.5. The van der Waals surface area contributed by atoms with Gasteiger partial charge in [0.25, 0.3) is 0 Å². The Kier molecular flexibility index (Phi) is 66.0. The maximum atomic E-state index is 6.02. The molecule has 0 atom stereocenters. The average Bonchev–Trinajstić information content (AvgIpc) is 3.56. The minimum atomic E-state index is -1.78. The molecule has 0 heterocycles. The molecular formula is C31H68Cl4Fe2Si2.